The van der Waals surface area contributed by atoms with Gasteiger partial charge in [-0.2, -0.15) is 23.4 Å². The van der Waals surface area contributed by atoms with Crippen molar-refractivity contribution < 1.29 is 18.0 Å². The van der Waals surface area contributed by atoms with E-state index in [2.05, 4.69) is 31.0 Å². The Labute approximate surface area is 169 Å². The molecule has 1 saturated heterocycles. The van der Waals surface area contributed by atoms with E-state index < -0.39 is 17.8 Å². The van der Waals surface area contributed by atoms with Gasteiger partial charge < -0.3 is 4.90 Å². The normalized spacial score (nSPS) is 16.0. The van der Waals surface area contributed by atoms with E-state index in [4.69, 9.17) is 0 Å². The summed E-state index contributed by atoms with van der Waals surface area (Å²) in [6.07, 6.45) is -2.59. The molecule has 2 aromatic heterocycles. The van der Waals surface area contributed by atoms with E-state index in [9.17, 15) is 18.0 Å². The van der Waals surface area contributed by atoms with Gasteiger partial charge in [0.15, 0.2) is 5.69 Å². The topological polar surface area (TPSA) is 59.2 Å². The van der Waals surface area contributed by atoms with Crippen LogP contribution in [0.3, 0.4) is 0 Å². The lowest BCUT2D eigenvalue weighted by atomic mass is 10.2. The number of carbonyl (C=O) groups excluding carboxylic acids is 1. The first-order valence-corrected chi connectivity index (χ1v) is 9.75. The van der Waals surface area contributed by atoms with Crippen molar-refractivity contribution in [3.8, 4) is 0 Å². The number of rotatable bonds is 4. The molecule has 0 aromatic carbocycles. The van der Waals surface area contributed by atoms with E-state index in [1.165, 1.54) is 7.05 Å². The first-order valence-electron chi connectivity index (χ1n) is 8.96. The molecule has 0 radical (unpaired) electrons. The summed E-state index contributed by atoms with van der Waals surface area (Å²) in [6, 6.07) is 0. The fraction of sp³-hybridized carbons (Fsp3) is 0.588. The maximum Gasteiger partial charge on any atom is 0.436 e. The van der Waals surface area contributed by atoms with Crippen molar-refractivity contribution in [2.24, 2.45) is 7.05 Å². The fourth-order valence-electron chi connectivity index (χ4n) is 3.29. The summed E-state index contributed by atoms with van der Waals surface area (Å²) >= 11 is 2.91. The van der Waals surface area contributed by atoms with Crippen LogP contribution >= 0.6 is 15.9 Å². The minimum Gasteiger partial charge on any atom is -0.335 e. The Morgan fingerprint density at radius 1 is 1.21 bits per heavy atom. The number of aryl methyl sites for hydroxylation is 3. The molecule has 0 saturated carbocycles. The van der Waals surface area contributed by atoms with Crippen LogP contribution in [0.5, 0.6) is 0 Å². The van der Waals surface area contributed by atoms with E-state index in [0.717, 1.165) is 29.0 Å². The number of amides is 1. The molecular formula is C17H22BrF3N6O. The Morgan fingerprint density at radius 3 is 2.36 bits per heavy atom. The number of alkyl halides is 3. The summed E-state index contributed by atoms with van der Waals surface area (Å²) in [4.78, 5) is 16.6. The van der Waals surface area contributed by atoms with Gasteiger partial charge in [-0.05, 0) is 29.8 Å². The predicted octanol–water partition coefficient (Wildman–Crippen LogP) is 2.68. The molecule has 0 aliphatic carbocycles. The molecular weight excluding hydrogens is 441 g/mol. The second-order valence-corrected chi connectivity index (χ2v) is 7.59. The van der Waals surface area contributed by atoms with Crippen molar-refractivity contribution in [1.29, 1.82) is 0 Å². The molecule has 0 spiro atoms. The molecule has 154 valence electrons. The van der Waals surface area contributed by atoms with Crippen LogP contribution in [-0.4, -0.2) is 61.4 Å². The molecule has 0 atom stereocenters. The number of carbonyl (C=O) groups is 1. The minimum atomic E-state index is -4.62. The van der Waals surface area contributed by atoms with Crippen LogP contribution < -0.4 is 0 Å². The highest BCUT2D eigenvalue weighted by Crippen LogP contribution is 2.36. The van der Waals surface area contributed by atoms with Gasteiger partial charge in [0.1, 0.15) is 5.69 Å². The van der Waals surface area contributed by atoms with Crippen molar-refractivity contribution in [2.75, 3.05) is 26.2 Å². The molecule has 1 fully saturated rings. The van der Waals surface area contributed by atoms with E-state index in [-0.39, 0.29) is 10.2 Å². The number of nitrogens with zero attached hydrogens (tertiary/aromatic N) is 6. The third kappa shape index (κ3) is 4.09. The molecule has 11 heteroatoms. The molecule has 28 heavy (non-hydrogen) atoms. The van der Waals surface area contributed by atoms with Gasteiger partial charge in [-0.1, -0.05) is 0 Å². The van der Waals surface area contributed by atoms with E-state index >= 15 is 0 Å². The summed E-state index contributed by atoms with van der Waals surface area (Å²) in [5.41, 5.74) is 0.964. The Kier molecular flexibility index (Phi) is 5.85. The van der Waals surface area contributed by atoms with Crippen molar-refractivity contribution in [3.63, 3.8) is 0 Å². The highest BCUT2D eigenvalue weighted by Gasteiger charge is 2.40. The van der Waals surface area contributed by atoms with Crippen LogP contribution in [0.25, 0.3) is 0 Å². The molecule has 1 aliphatic rings. The summed E-state index contributed by atoms with van der Waals surface area (Å²) in [6.45, 7) is 7.72. The van der Waals surface area contributed by atoms with Crippen LogP contribution in [-0.2, 0) is 26.3 Å². The van der Waals surface area contributed by atoms with Crippen molar-refractivity contribution in [3.05, 3.63) is 33.3 Å². The Bertz CT molecular complexity index is 867. The monoisotopic (exact) mass is 462 g/mol. The van der Waals surface area contributed by atoms with Gasteiger partial charge in [-0.3, -0.25) is 19.1 Å². The van der Waals surface area contributed by atoms with Gasteiger partial charge in [-0.15, -0.1) is 0 Å². The Balaban J connectivity index is 1.66. The van der Waals surface area contributed by atoms with Gasteiger partial charge in [0, 0.05) is 58.1 Å². The summed E-state index contributed by atoms with van der Waals surface area (Å²) in [7, 11) is 1.34. The summed E-state index contributed by atoms with van der Waals surface area (Å²) < 4.78 is 41.6. The largest absolute Gasteiger partial charge is 0.436 e. The summed E-state index contributed by atoms with van der Waals surface area (Å²) in [5, 5.41) is 7.90. The zero-order valence-corrected chi connectivity index (χ0v) is 17.5. The summed E-state index contributed by atoms with van der Waals surface area (Å²) in [5.74, 6) is -0.452. The Hall–Kier alpha value is -1.88. The second kappa shape index (κ2) is 7.86. The minimum absolute atomic E-state index is 0.0826. The smallest absolute Gasteiger partial charge is 0.335 e. The fourth-order valence-corrected chi connectivity index (χ4v) is 4.02. The molecule has 3 heterocycles. The lowest BCUT2D eigenvalue weighted by Crippen LogP contribution is -2.48. The standard InChI is InChI=1S/C17H22BrF3N6O/c1-4-27-10-12(11(2)22-27)9-25-5-7-26(8-6-25)16(28)14-13(18)15(17(19,20)21)23-24(14)3/h10H,4-9H2,1-3H3. The lowest BCUT2D eigenvalue weighted by molar-refractivity contribution is -0.142. The number of hydrogen-bond donors (Lipinski definition) is 0. The van der Waals surface area contributed by atoms with E-state index in [0.29, 0.717) is 26.2 Å². The van der Waals surface area contributed by atoms with Crippen LogP contribution in [0.2, 0.25) is 0 Å². The third-order valence-electron chi connectivity index (χ3n) is 4.89. The maximum absolute atomic E-state index is 13.0. The van der Waals surface area contributed by atoms with Crippen molar-refractivity contribution in [2.45, 2.75) is 33.1 Å². The average Bonchev–Trinajstić information content (AvgIpc) is 3.14. The molecule has 3 rings (SSSR count). The molecule has 2 aromatic rings. The number of halogens is 4. The third-order valence-corrected chi connectivity index (χ3v) is 5.64. The predicted molar refractivity (Wildman–Crippen MR) is 99.7 cm³/mol. The average molecular weight is 463 g/mol. The maximum atomic E-state index is 13.0. The van der Waals surface area contributed by atoms with Crippen LogP contribution in [0.15, 0.2) is 10.7 Å². The molecule has 0 bridgehead atoms. The van der Waals surface area contributed by atoms with Crippen LogP contribution in [0, 0.1) is 6.92 Å². The second-order valence-electron chi connectivity index (χ2n) is 6.80. The Morgan fingerprint density at radius 2 is 1.86 bits per heavy atom. The van der Waals surface area contributed by atoms with Crippen LogP contribution in [0.1, 0.15) is 34.4 Å². The molecule has 1 aliphatic heterocycles. The van der Waals surface area contributed by atoms with Gasteiger partial charge in [0.2, 0.25) is 0 Å². The molecule has 0 unspecified atom stereocenters. The highest BCUT2D eigenvalue weighted by atomic mass is 79.9. The van der Waals surface area contributed by atoms with Crippen molar-refractivity contribution >= 4 is 21.8 Å². The van der Waals surface area contributed by atoms with Crippen molar-refractivity contribution in [1.82, 2.24) is 29.4 Å². The van der Waals surface area contributed by atoms with Gasteiger partial charge >= 0.3 is 6.18 Å². The van der Waals surface area contributed by atoms with Gasteiger partial charge in [-0.25, -0.2) is 0 Å². The molecule has 0 N–H and O–H groups in total. The lowest BCUT2D eigenvalue weighted by Gasteiger charge is -2.34. The highest BCUT2D eigenvalue weighted by molar-refractivity contribution is 9.10. The first kappa shape index (κ1) is 20.8. The SMILES string of the molecule is CCn1cc(CN2CCN(C(=O)c3c(Br)c(C(F)(F)F)nn3C)CC2)c(C)n1. The molecule has 7 nitrogen and oxygen atoms in total. The van der Waals surface area contributed by atoms with E-state index in [1.807, 2.05) is 24.7 Å². The quantitative estimate of drug-likeness (QED) is 0.700. The number of aromatic nitrogens is 4. The zero-order chi connectivity index (χ0) is 20.6. The number of piperazine rings is 1. The van der Waals surface area contributed by atoms with Gasteiger partial charge in [0.25, 0.3) is 5.91 Å². The zero-order valence-electron chi connectivity index (χ0n) is 15.9. The first-order chi connectivity index (χ1) is 13.1. The number of hydrogen-bond acceptors (Lipinski definition) is 4. The van der Waals surface area contributed by atoms with Crippen LogP contribution in [0.4, 0.5) is 13.2 Å². The molecule has 1 amide bonds. The van der Waals surface area contributed by atoms with Gasteiger partial charge in [0.05, 0.1) is 10.2 Å². The van der Waals surface area contributed by atoms with E-state index in [1.54, 1.807) is 4.90 Å².